The highest BCUT2D eigenvalue weighted by molar-refractivity contribution is 5.70. The minimum atomic E-state index is -0.764. The second kappa shape index (κ2) is 4.06. The van der Waals surface area contributed by atoms with E-state index in [0.29, 0.717) is 6.42 Å². The smallest absolute Gasteiger partial charge is 0.306 e. The van der Waals surface area contributed by atoms with Gasteiger partial charge in [-0.1, -0.05) is 25.1 Å². The lowest BCUT2D eigenvalue weighted by Crippen LogP contribution is -2.25. The van der Waals surface area contributed by atoms with Crippen LogP contribution in [0, 0.1) is 5.92 Å². The monoisotopic (exact) mass is 234 g/mol. The fraction of sp³-hybridized carbons (Fsp3) is 0.500. The molecular weight excluding hydrogens is 216 g/mol. The molecule has 1 aliphatic rings. The van der Waals surface area contributed by atoms with Crippen LogP contribution >= 0.6 is 0 Å². The van der Waals surface area contributed by atoms with Crippen LogP contribution in [0.25, 0.3) is 0 Å². The van der Waals surface area contributed by atoms with Crippen LogP contribution in [-0.2, 0) is 17.6 Å². The zero-order chi connectivity index (χ0) is 12.6. The van der Waals surface area contributed by atoms with Crippen LogP contribution in [0.4, 0.5) is 0 Å². The van der Waals surface area contributed by atoms with Gasteiger partial charge in [0.25, 0.3) is 0 Å². The SMILES string of the molecule is CC(Cc1cccc2c1OC(C)(C)C2)C(=O)O. The third-order valence-electron chi connectivity index (χ3n) is 3.12. The van der Waals surface area contributed by atoms with E-state index < -0.39 is 5.97 Å². The first-order chi connectivity index (χ1) is 7.89. The average Bonchev–Trinajstić information content (AvgIpc) is 2.53. The number of para-hydroxylation sites is 1. The second-order valence-electron chi connectivity index (χ2n) is 5.39. The van der Waals surface area contributed by atoms with Gasteiger partial charge < -0.3 is 9.84 Å². The number of carboxylic acid groups (broad SMARTS) is 1. The number of aliphatic carboxylic acids is 1. The molecule has 0 radical (unpaired) electrons. The number of benzene rings is 1. The van der Waals surface area contributed by atoms with Crippen LogP contribution < -0.4 is 4.74 Å². The van der Waals surface area contributed by atoms with Crippen molar-refractivity contribution in [1.82, 2.24) is 0 Å². The van der Waals surface area contributed by atoms with Gasteiger partial charge in [0.05, 0.1) is 5.92 Å². The van der Waals surface area contributed by atoms with Crippen LogP contribution in [0.2, 0.25) is 0 Å². The fourth-order valence-corrected chi connectivity index (χ4v) is 2.26. The summed E-state index contributed by atoms with van der Waals surface area (Å²) < 4.78 is 5.91. The third kappa shape index (κ3) is 2.43. The molecule has 0 saturated heterocycles. The van der Waals surface area contributed by atoms with Crippen molar-refractivity contribution in [3.8, 4) is 5.75 Å². The summed E-state index contributed by atoms with van der Waals surface area (Å²) in [6.07, 6.45) is 1.41. The molecule has 0 fully saturated rings. The molecule has 3 heteroatoms. The topological polar surface area (TPSA) is 46.5 Å². The summed E-state index contributed by atoms with van der Waals surface area (Å²) in [7, 11) is 0. The standard InChI is InChI=1S/C14H18O3/c1-9(13(15)16)7-10-5-4-6-11-8-14(2,3)17-12(10)11/h4-6,9H,7-8H2,1-3H3,(H,15,16). The van der Waals surface area contributed by atoms with E-state index in [9.17, 15) is 4.79 Å². The van der Waals surface area contributed by atoms with Gasteiger partial charge in [-0.2, -0.15) is 0 Å². The Labute approximate surface area is 101 Å². The summed E-state index contributed by atoms with van der Waals surface area (Å²) >= 11 is 0. The minimum Gasteiger partial charge on any atom is -0.487 e. The van der Waals surface area contributed by atoms with E-state index in [4.69, 9.17) is 9.84 Å². The fourth-order valence-electron chi connectivity index (χ4n) is 2.26. The first-order valence-electron chi connectivity index (χ1n) is 5.91. The molecule has 0 saturated carbocycles. The Hall–Kier alpha value is -1.51. The molecule has 0 spiro atoms. The van der Waals surface area contributed by atoms with Gasteiger partial charge in [0.15, 0.2) is 0 Å². The van der Waals surface area contributed by atoms with E-state index in [1.54, 1.807) is 6.92 Å². The van der Waals surface area contributed by atoms with E-state index in [-0.39, 0.29) is 11.5 Å². The highest BCUT2D eigenvalue weighted by Gasteiger charge is 2.32. The predicted octanol–water partition coefficient (Wildman–Crippen LogP) is 2.66. The minimum absolute atomic E-state index is 0.176. The van der Waals surface area contributed by atoms with Gasteiger partial charge >= 0.3 is 5.97 Å². The maximum atomic E-state index is 10.9. The lowest BCUT2D eigenvalue weighted by Gasteiger charge is -2.18. The Bertz CT molecular complexity index is 449. The molecule has 3 nitrogen and oxygen atoms in total. The molecule has 1 N–H and O–H groups in total. The molecule has 0 aliphatic carbocycles. The summed E-state index contributed by atoms with van der Waals surface area (Å²) in [5.41, 5.74) is 2.01. The Kier molecular flexibility index (Phi) is 2.86. The largest absolute Gasteiger partial charge is 0.487 e. The summed E-state index contributed by atoms with van der Waals surface area (Å²) in [5.74, 6) is -0.251. The molecule has 1 aromatic carbocycles. The molecule has 1 aliphatic heterocycles. The highest BCUT2D eigenvalue weighted by atomic mass is 16.5. The van der Waals surface area contributed by atoms with Gasteiger partial charge in [-0.15, -0.1) is 0 Å². The number of carbonyl (C=O) groups is 1. The predicted molar refractivity (Wildman–Crippen MR) is 65.4 cm³/mol. The number of ether oxygens (including phenoxy) is 1. The molecule has 1 unspecified atom stereocenters. The van der Waals surface area contributed by atoms with Crippen molar-refractivity contribution in [2.24, 2.45) is 5.92 Å². The van der Waals surface area contributed by atoms with Gasteiger partial charge in [0.2, 0.25) is 0 Å². The van der Waals surface area contributed by atoms with Gasteiger partial charge in [0, 0.05) is 6.42 Å². The molecule has 1 atom stereocenters. The van der Waals surface area contributed by atoms with Crippen molar-refractivity contribution in [2.45, 2.75) is 39.2 Å². The maximum Gasteiger partial charge on any atom is 0.306 e. The second-order valence-corrected chi connectivity index (χ2v) is 5.39. The molecule has 0 amide bonds. The molecule has 1 aromatic rings. The van der Waals surface area contributed by atoms with E-state index in [1.807, 2.05) is 12.1 Å². The first kappa shape index (κ1) is 12.0. The Morgan fingerprint density at radius 2 is 2.24 bits per heavy atom. The van der Waals surface area contributed by atoms with Crippen molar-refractivity contribution < 1.29 is 14.6 Å². The van der Waals surface area contributed by atoms with Crippen molar-refractivity contribution in [2.75, 3.05) is 0 Å². The van der Waals surface area contributed by atoms with Crippen LogP contribution in [0.5, 0.6) is 5.75 Å². The number of rotatable bonds is 3. The molecular formula is C14H18O3. The Balaban J connectivity index is 2.27. The molecule has 0 bridgehead atoms. The van der Waals surface area contributed by atoms with Crippen molar-refractivity contribution >= 4 is 5.97 Å². The van der Waals surface area contributed by atoms with Gasteiger partial charge in [-0.05, 0) is 31.4 Å². The Morgan fingerprint density at radius 1 is 1.53 bits per heavy atom. The quantitative estimate of drug-likeness (QED) is 0.874. The summed E-state index contributed by atoms with van der Waals surface area (Å²) in [6, 6.07) is 5.99. The number of hydrogen-bond donors (Lipinski definition) is 1. The molecule has 92 valence electrons. The van der Waals surface area contributed by atoms with Crippen molar-refractivity contribution in [1.29, 1.82) is 0 Å². The maximum absolute atomic E-state index is 10.9. The van der Waals surface area contributed by atoms with E-state index in [1.165, 1.54) is 5.56 Å². The van der Waals surface area contributed by atoms with Crippen molar-refractivity contribution in [3.63, 3.8) is 0 Å². The zero-order valence-electron chi connectivity index (χ0n) is 10.5. The summed E-state index contributed by atoms with van der Waals surface area (Å²) in [6.45, 7) is 5.83. The molecule has 1 heterocycles. The summed E-state index contributed by atoms with van der Waals surface area (Å²) in [5, 5.41) is 8.95. The van der Waals surface area contributed by atoms with E-state index in [2.05, 4.69) is 19.9 Å². The number of carboxylic acids is 1. The number of hydrogen-bond acceptors (Lipinski definition) is 2. The van der Waals surface area contributed by atoms with Gasteiger partial charge in [-0.3, -0.25) is 4.79 Å². The zero-order valence-corrected chi connectivity index (χ0v) is 10.5. The Morgan fingerprint density at radius 3 is 2.88 bits per heavy atom. The third-order valence-corrected chi connectivity index (χ3v) is 3.12. The van der Waals surface area contributed by atoms with Crippen LogP contribution in [0.15, 0.2) is 18.2 Å². The van der Waals surface area contributed by atoms with E-state index >= 15 is 0 Å². The molecule has 17 heavy (non-hydrogen) atoms. The first-order valence-corrected chi connectivity index (χ1v) is 5.91. The van der Waals surface area contributed by atoms with Crippen LogP contribution in [-0.4, -0.2) is 16.7 Å². The lowest BCUT2D eigenvalue weighted by atomic mass is 9.96. The molecule has 0 aromatic heterocycles. The average molecular weight is 234 g/mol. The van der Waals surface area contributed by atoms with Crippen LogP contribution in [0.3, 0.4) is 0 Å². The normalized spacial score (nSPS) is 18.3. The lowest BCUT2D eigenvalue weighted by molar-refractivity contribution is -0.141. The number of fused-ring (bicyclic) bond motifs is 1. The molecule has 2 rings (SSSR count). The summed E-state index contributed by atoms with van der Waals surface area (Å²) in [4.78, 5) is 10.9. The van der Waals surface area contributed by atoms with Gasteiger partial charge in [-0.25, -0.2) is 0 Å². The van der Waals surface area contributed by atoms with Crippen molar-refractivity contribution in [3.05, 3.63) is 29.3 Å². The highest BCUT2D eigenvalue weighted by Crippen LogP contribution is 2.38. The van der Waals surface area contributed by atoms with Crippen LogP contribution in [0.1, 0.15) is 31.9 Å². The van der Waals surface area contributed by atoms with Gasteiger partial charge in [0.1, 0.15) is 11.4 Å². The van der Waals surface area contributed by atoms with E-state index in [0.717, 1.165) is 17.7 Å².